The minimum absolute atomic E-state index is 0.331. The van der Waals surface area contributed by atoms with Crippen molar-refractivity contribution in [2.24, 2.45) is 0 Å². The summed E-state index contributed by atoms with van der Waals surface area (Å²) in [6.07, 6.45) is 3.34. The van der Waals surface area contributed by atoms with Crippen molar-refractivity contribution in [1.29, 1.82) is 0 Å². The number of hydrogen-bond acceptors (Lipinski definition) is 4. The summed E-state index contributed by atoms with van der Waals surface area (Å²) in [5.74, 6) is 0.539. The van der Waals surface area contributed by atoms with E-state index >= 15 is 0 Å². The topological polar surface area (TPSA) is 35.5 Å². The molecule has 1 aromatic rings. The van der Waals surface area contributed by atoms with E-state index in [9.17, 15) is 9.18 Å². The van der Waals surface area contributed by atoms with Gasteiger partial charge in [-0.25, -0.2) is 4.39 Å². The molecule has 0 saturated carbocycles. The van der Waals surface area contributed by atoms with E-state index in [0.717, 1.165) is 6.29 Å². The van der Waals surface area contributed by atoms with Crippen molar-refractivity contribution in [2.45, 2.75) is 17.7 Å². The molecule has 0 aliphatic rings. The number of benzene rings is 1. The molecule has 17 heavy (non-hydrogen) atoms. The summed E-state index contributed by atoms with van der Waals surface area (Å²) in [5, 5.41) is 0. The van der Waals surface area contributed by atoms with Crippen molar-refractivity contribution >= 4 is 18.0 Å². The monoisotopic (exact) mass is 258 g/mol. The van der Waals surface area contributed by atoms with E-state index < -0.39 is 0 Å². The zero-order valence-corrected chi connectivity index (χ0v) is 10.9. The number of halogens is 1. The summed E-state index contributed by atoms with van der Waals surface area (Å²) in [5.41, 5.74) is 0.645. The van der Waals surface area contributed by atoms with E-state index in [1.165, 1.54) is 32.0 Å². The molecule has 0 bridgehead atoms. The van der Waals surface area contributed by atoms with E-state index in [1.54, 1.807) is 6.26 Å². The fourth-order valence-corrected chi connectivity index (χ4v) is 2.26. The largest absolute Gasteiger partial charge is 0.493 e. The smallest absolute Gasteiger partial charge is 0.177 e. The lowest BCUT2D eigenvalue weighted by atomic mass is 10.1. The van der Waals surface area contributed by atoms with E-state index in [0.29, 0.717) is 34.8 Å². The Morgan fingerprint density at radius 3 is 2.47 bits per heavy atom. The maximum absolute atomic E-state index is 13.8. The molecule has 0 unspecified atom stereocenters. The van der Waals surface area contributed by atoms with Crippen molar-refractivity contribution in [2.75, 3.05) is 20.5 Å². The summed E-state index contributed by atoms with van der Waals surface area (Å²) >= 11 is 1.26. The van der Waals surface area contributed by atoms with Crippen molar-refractivity contribution in [3.8, 4) is 11.5 Å². The lowest BCUT2D eigenvalue weighted by molar-refractivity contribution is -0.107. The summed E-state index contributed by atoms with van der Waals surface area (Å²) in [6, 6.07) is 1.40. The molecule has 0 aromatic heterocycles. The molecular weight excluding hydrogens is 243 g/mol. The van der Waals surface area contributed by atoms with Gasteiger partial charge in [0.15, 0.2) is 11.5 Å². The van der Waals surface area contributed by atoms with Crippen molar-refractivity contribution in [3.05, 3.63) is 17.4 Å². The second kappa shape index (κ2) is 6.49. The number of carbonyl (C=O) groups is 1. The van der Waals surface area contributed by atoms with Crippen molar-refractivity contribution in [1.82, 2.24) is 0 Å². The van der Waals surface area contributed by atoms with Crippen molar-refractivity contribution in [3.63, 3.8) is 0 Å². The van der Waals surface area contributed by atoms with Gasteiger partial charge >= 0.3 is 0 Å². The Morgan fingerprint density at radius 2 is 2.00 bits per heavy atom. The molecular formula is C12H15FO3S. The van der Waals surface area contributed by atoms with Gasteiger partial charge in [-0.05, 0) is 18.7 Å². The van der Waals surface area contributed by atoms with E-state index in [4.69, 9.17) is 9.47 Å². The first-order valence-electron chi connectivity index (χ1n) is 5.10. The van der Waals surface area contributed by atoms with Crippen LogP contribution in [-0.2, 0) is 11.2 Å². The number of carbonyl (C=O) groups excluding carboxylic acids is 1. The van der Waals surface area contributed by atoms with Gasteiger partial charge in [0.05, 0.1) is 19.1 Å². The highest BCUT2D eigenvalue weighted by molar-refractivity contribution is 7.98. The van der Waals surface area contributed by atoms with Gasteiger partial charge in [0.2, 0.25) is 0 Å². The number of thioether (sulfide) groups is 1. The Labute approximate surface area is 104 Å². The van der Waals surface area contributed by atoms with Crippen LogP contribution in [0.2, 0.25) is 0 Å². The molecule has 1 aromatic carbocycles. The molecule has 94 valence electrons. The third-order valence-corrected chi connectivity index (χ3v) is 3.15. The normalized spacial score (nSPS) is 10.1. The highest BCUT2D eigenvalue weighted by Crippen LogP contribution is 2.41. The Bertz CT molecular complexity index is 407. The minimum atomic E-state index is -0.351. The zero-order valence-electron chi connectivity index (χ0n) is 10.1. The van der Waals surface area contributed by atoms with Gasteiger partial charge in [0, 0.05) is 12.0 Å². The van der Waals surface area contributed by atoms with Crippen LogP contribution in [-0.4, -0.2) is 26.8 Å². The van der Waals surface area contributed by atoms with Crippen molar-refractivity contribution < 1.29 is 18.7 Å². The van der Waals surface area contributed by atoms with E-state index in [-0.39, 0.29) is 5.82 Å². The summed E-state index contributed by atoms with van der Waals surface area (Å²) in [6.45, 7) is 0. The number of rotatable bonds is 6. The summed E-state index contributed by atoms with van der Waals surface area (Å²) in [4.78, 5) is 10.8. The Hall–Kier alpha value is -1.23. The molecule has 0 heterocycles. The van der Waals surface area contributed by atoms with Crippen LogP contribution in [0, 0.1) is 5.82 Å². The molecule has 0 aliphatic heterocycles. The average Bonchev–Trinajstić information content (AvgIpc) is 2.35. The third-order valence-electron chi connectivity index (χ3n) is 2.37. The summed E-state index contributed by atoms with van der Waals surface area (Å²) in [7, 11) is 2.98. The predicted octanol–water partition coefficient (Wildman–Crippen LogP) is 2.70. The molecule has 0 aliphatic carbocycles. The minimum Gasteiger partial charge on any atom is -0.493 e. The molecule has 0 amide bonds. The molecule has 3 nitrogen and oxygen atoms in total. The standard InChI is InChI=1S/C12H15FO3S/c1-15-10-8(5-4-6-14)7-9(13)12(17-3)11(10)16-2/h6-7H,4-5H2,1-3H3. The van der Waals surface area contributed by atoms with Gasteiger partial charge in [0.1, 0.15) is 12.1 Å². The maximum atomic E-state index is 13.8. The van der Waals surface area contributed by atoms with Crippen LogP contribution in [0.3, 0.4) is 0 Å². The van der Waals surface area contributed by atoms with Gasteiger partial charge in [-0.15, -0.1) is 11.8 Å². The first kappa shape index (κ1) is 13.8. The van der Waals surface area contributed by atoms with Gasteiger partial charge in [0.25, 0.3) is 0 Å². The first-order chi connectivity index (χ1) is 8.19. The van der Waals surface area contributed by atoms with Gasteiger partial charge in [-0.1, -0.05) is 0 Å². The van der Waals surface area contributed by atoms with Crippen LogP contribution in [0.1, 0.15) is 12.0 Å². The van der Waals surface area contributed by atoms with Crippen LogP contribution in [0.4, 0.5) is 4.39 Å². The van der Waals surface area contributed by atoms with Gasteiger partial charge in [-0.3, -0.25) is 0 Å². The fraction of sp³-hybridized carbons (Fsp3) is 0.417. The number of aryl methyl sites for hydroxylation is 1. The highest BCUT2D eigenvalue weighted by atomic mass is 32.2. The quantitative estimate of drug-likeness (QED) is 0.580. The Kier molecular flexibility index (Phi) is 5.28. The zero-order chi connectivity index (χ0) is 12.8. The van der Waals surface area contributed by atoms with Gasteiger partial charge < -0.3 is 14.3 Å². The van der Waals surface area contributed by atoms with E-state index in [2.05, 4.69) is 0 Å². The highest BCUT2D eigenvalue weighted by Gasteiger charge is 2.19. The molecule has 0 N–H and O–H groups in total. The third kappa shape index (κ3) is 2.91. The number of methoxy groups -OCH3 is 2. The molecule has 0 atom stereocenters. The van der Waals surface area contributed by atoms with Crippen LogP contribution < -0.4 is 9.47 Å². The number of hydrogen-bond donors (Lipinski definition) is 0. The second-order valence-corrected chi connectivity index (χ2v) is 4.14. The lowest BCUT2D eigenvalue weighted by Crippen LogP contribution is -2.00. The molecule has 5 heteroatoms. The van der Waals surface area contributed by atoms with Crippen LogP contribution in [0.15, 0.2) is 11.0 Å². The molecule has 1 rings (SSSR count). The van der Waals surface area contributed by atoms with Gasteiger partial charge in [-0.2, -0.15) is 0 Å². The van der Waals surface area contributed by atoms with Crippen LogP contribution >= 0.6 is 11.8 Å². The number of ether oxygens (including phenoxy) is 2. The second-order valence-electron chi connectivity index (χ2n) is 3.32. The van der Waals surface area contributed by atoms with Crippen LogP contribution in [0.5, 0.6) is 11.5 Å². The predicted molar refractivity (Wildman–Crippen MR) is 65.7 cm³/mol. The first-order valence-corrected chi connectivity index (χ1v) is 6.33. The summed E-state index contributed by atoms with van der Waals surface area (Å²) < 4.78 is 24.2. The Morgan fingerprint density at radius 1 is 1.35 bits per heavy atom. The maximum Gasteiger partial charge on any atom is 0.177 e. The molecule has 0 radical (unpaired) electrons. The molecule has 0 spiro atoms. The lowest BCUT2D eigenvalue weighted by Gasteiger charge is -2.15. The Balaban J connectivity index is 3.31. The van der Waals surface area contributed by atoms with E-state index in [1.807, 2.05) is 0 Å². The number of aldehydes is 1. The molecule has 0 fully saturated rings. The molecule has 0 saturated heterocycles. The SMILES string of the molecule is COc1c(CCC=O)cc(F)c(SC)c1OC. The fourth-order valence-electron chi connectivity index (χ4n) is 1.64. The average molecular weight is 258 g/mol. The van der Waals surface area contributed by atoms with Crippen LogP contribution in [0.25, 0.3) is 0 Å².